The highest BCUT2D eigenvalue weighted by molar-refractivity contribution is 7.19. The van der Waals surface area contributed by atoms with Crippen LogP contribution in [-0.2, 0) is 0 Å². The van der Waals surface area contributed by atoms with Gasteiger partial charge in [0.25, 0.3) is 0 Å². The minimum Gasteiger partial charge on any atom is -0.278 e. The van der Waals surface area contributed by atoms with Crippen molar-refractivity contribution >= 4 is 72.4 Å². The smallest absolute Gasteiger partial charge is 0.240 e. The fourth-order valence-corrected chi connectivity index (χ4v) is 13.3. The summed E-state index contributed by atoms with van der Waals surface area (Å²) in [6, 6.07) is 49.6. The topological polar surface area (TPSA) is 100 Å². The molecule has 0 bridgehead atoms. The molecule has 0 spiro atoms. The van der Waals surface area contributed by atoms with E-state index in [1.54, 1.807) is 24.8 Å². The van der Waals surface area contributed by atoms with Crippen LogP contribution in [-0.4, -0.2) is 52.1 Å². The third-order valence-electron chi connectivity index (χ3n) is 10.9. The fourth-order valence-electron chi connectivity index (χ4n) is 8.49. The minimum absolute atomic E-state index is 0.480. The Morgan fingerprint density at radius 1 is 0.351 bits per heavy atom. The zero-order chi connectivity index (χ0) is 37.8. The van der Waals surface area contributed by atoms with E-state index in [4.69, 9.17) is 15.0 Å². The molecule has 0 saturated carbocycles. The van der Waals surface area contributed by atoms with Crippen molar-refractivity contribution in [3.8, 4) is 23.3 Å². The quantitative estimate of drug-likeness (QED) is 0.132. The second-order valence-corrected chi connectivity index (χ2v) is 17.7. The standard InChI is InChI=1S/C47H31N9Si/c1-4-12-33(13-5-1)57(34-14-6-2-7-15-34,35-16-8-3-9-17-35)36-18-10-11-32(27-36)45-52-46(55-41-19-23-48-28-37(41)38-29-49-24-20-42(38)55)54-47(53-45)56-43-21-25-50-30-39(43)40-31-51-26-22-44(40)56/h1-31H. The van der Waals surface area contributed by atoms with Crippen molar-refractivity contribution in [1.82, 2.24) is 44.0 Å². The normalized spacial score (nSPS) is 11.9. The number of hydrogen-bond acceptors (Lipinski definition) is 7. The Morgan fingerprint density at radius 3 is 1.11 bits per heavy atom. The molecule has 0 unspecified atom stereocenters. The maximum atomic E-state index is 5.34. The average Bonchev–Trinajstić information content (AvgIpc) is 3.81. The molecule has 0 amide bonds. The van der Waals surface area contributed by atoms with Gasteiger partial charge in [-0.2, -0.15) is 15.0 Å². The Labute approximate surface area is 327 Å². The predicted octanol–water partition coefficient (Wildman–Crippen LogP) is 6.69. The molecule has 0 aliphatic rings. The molecule has 0 atom stereocenters. The lowest BCUT2D eigenvalue weighted by Crippen LogP contribution is -2.74. The lowest BCUT2D eigenvalue weighted by Gasteiger charge is -2.34. The summed E-state index contributed by atoms with van der Waals surface area (Å²) in [5, 5.41) is 8.93. The number of rotatable bonds is 7. The highest BCUT2D eigenvalue weighted by atomic mass is 28.3. The Kier molecular flexibility index (Phi) is 7.61. The molecular formula is C47H31N9Si. The van der Waals surface area contributed by atoms with Crippen LogP contribution in [0.5, 0.6) is 0 Å². The molecule has 10 heteroatoms. The fraction of sp³-hybridized carbons (Fsp3) is 0. The molecule has 0 fully saturated rings. The molecule has 0 N–H and O–H groups in total. The van der Waals surface area contributed by atoms with Gasteiger partial charge in [0.05, 0.1) is 22.1 Å². The van der Waals surface area contributed by atoms with E-state index < -0.39 is 8.07 Å². The van der Waals surface area contributed by atoms with Gasteiger partial charge >= 0.3 is 0 Å². The third kappa shape index (κ3) is 5.12. The van der Waals surface area contributed by atoms with Crippen molar-refractivity contribution in [2.24, 2.45) is 0 Å². The van der Waals surface area contributed by atoms with E-state index >= 15 is 0 Å². The summed E-state index contributed by atoms with van der Waals surface area (Å²) in [7, 11) is -2.85. The van der Waals surface area contributed by atoms with Gasteiger partial charge in [0.15, 0.2) is 13.9 Å². The molecule has 7 heterocycles. The molecule has 11 aromatic rings. The largest absolute Gasteiger partial charge is 0.278 e. The van der Waals surface area contributed by atoms with Crippen molar-refractivity contribution in [3.05, 3.63) is 189 Å². The monoisotopic (exact) mass is 749 g/mol. The highest BCUT2D eigenvalue weighted by Gasteiger charge is 2.41. The van der Waals surface area contributed by atoms with E-state index in [0.717, 1.165) is 49.2 Å². The lowest BCUT2D eigenvalue weighted by atomic mass is 10.2. The molecule has 0 saturated heterocycles. The molecule has 57 heavy (non-hydrogen) atoms. The van der Waals surface area contributed by atoms with Gasteiger partial charge in [-0.1, -0.05) is 115 Å². The van der Waals surface area contributed by atoms with E-state index in [2.05, 4.69) is 144 Å². The Balaban J connectivity index is 1.22. The zero-order valence-corrected chi connectivity index (χ0v) is 31.4. The maximum Gasteiger partial charge on any atom is 0.240 e. The second-order valence-electron chi connectivity index (χ2n) is 13.9. The van der Waals surface area contributed by atoms with Crippen LogP contribution >= 0.6 is 0 Å². The van der Waals surface area contributed by atoms with Gasteiger partial charge in [-0.25, -0.2) is 0 Å². The molecule has 7 aromatic heterocycles. The first-order valence-corrected chi connectivity index (χ1v) is 20.7. The van der Waals surface area contributed by atoms with Crippen LogP contribution in [0.4, 0.5) is 0 Å². The van der Waals surface area contributed by atoms with Crippen molar-refractivity contribution in [2.75, 3.05) is 0 Å². The Bertz CT molecular complexity index is 2920. The van der Waals surface area contributed by atoms with Crippen molar-refractivity contribution in [3.63, 3.8) is 0 Å². The summed E-state index contributed by atoms with van der Waals surface area (Å²) in [5.74, 6) is 1.51. The summed E-state index contributed by atoms with van der Waals surface area (Å²) < 4.78 is 4.17. The molecule has 4 aromatic carbocycles. The summed E-state index contributed by atoms with van der Waals surface area (Å²) >= 11 is 0. The number of aromatic nitrogens is 9. The number of fused-ring (bicyclic) bond motifs is 6. The van der Waals surface area contributed by atoms with Crippen LogP contribution in [0.15, 0.2) is 189 Å². The zero-order valence-electron chi connectivity index (χ0n) is 30.4. The van der Waals surface area contributed by atoms with Crippen LogP contribution in [0.3, 0.4) is 0 Å². The van der Waals surface area contributed by atoms with Gasteiger partial charge in [-0.05, 0) is 45.0 Å². The summed E-state index contributed by atoms with van der Waals surface area (Å²) in [6.07, 6.45) is 14.7. The van der Waals surface area contributed by atoms with Gasteiger partial charge in [0.2, 0.25) is 11.9 Å². The SMILES string of the molecule is c1ccc([Si](c2ccccc2)(c2ccccc2)c2cccc(-c3nc(-n4c5ccncc5c5cnccc54)nc(-n4c5ccncc5c5cnccc54)n3)c2)cc1. The van der Waals surface area contributed by atoms with E-state index in [9.17, 15) is 0 Å². The van der Waals surface area contributed by atoms with Gasteiger partial charge < -0.3 is 0 Å². The summed E-state index contributed by atoms with van der Waals surface area (Å²) in [6.45, 7) is 0. The van der Waals surface area contributed by atoms with E-state index in [0.29, 0.717) is 17.7 Å². The second kappa shape index (κ2) is 13.3. The van der Waals surface area contributed by atoms with Crippen LogP contribution in [0.2, 0.25) is 0 Å². The maximum absolute atomic E-state index is 5.34. The summed E-state index contributed by atoms with van der Waals surface area (Å²) in [5.41, 5.74) is 4.56. The molecular weight excluding hydrogens is 719 g/mol. The van der Waals surface area contributed by atoms with E-state index in [-0.39, 0.29) is 0 Å². The van der Waals surface area contributed by atoms with E-state index in [1.807, 2.05) is 49.1 Å². The highest BCUT2D eigenvalue weighted by Crippen LogP contribution is 2.33. The first kappa shape index (κ1) is 32.7. The average molecular weight is 750 g/mol. The van der Waals surface area contributed by atoms with Crippen molar-refractivity contribution in [2.45, 2.75) is 0 Å². The number of hydrogen-bond donors (Lipinski definition) is 0. The number of nitrogens with zero attached hydrogens (tertiary/aromatic N) is 9. The molecule has 9 nitrogen and oxygen atoms in total. The molecule has 0 aliphatic carbocycles. The molecule has 0 radical (unpaired) electrons. The van der Waals surface area contributed by atoms with Crippen molar-refractivity contribution < 1.29 is 0 Å². The molecule has 268 valence electrons. The van der Waals surface area contributed by atoms with Gasteiger partial charge in [-0.15, -0.1) is 0 Å². The summed E-state index contributed by atoms with van der Waals surface area (Å²) in [4.78, 5) is 33.8. The number of pyridine rings is 4. The number of benzene rings is 4. The first-order valence-electron chi connectivity index (χ1n) is 18.7. The lowest BCUT2D eigenvalue weighted by molar-refractivity contribution is 0.892. The van der Waals surface area contributed by atoms with Crippen LogP contribution in [0, 0.1) is 0 Å². The third-order valence-corrected chi connectivity index (χ3v) is 15.7. The molecule has 11 rings (SSSR count). The van der Waals surface area contributed by atoms with Crippen LogP contribution < -0.4 is 20.7 Å². The van der Waals surface area contributed by atoms with Crippen LogP contribution in [0.25, 0.3) is 66.9 Å². The predicted molar refractivity (Wildman–Crippen MR) is 229 cm³/mol. The van der Waals surface area contributed by atoms with Crippen molar-refractivity contribution in [1.29, 1.82) is 0 Å². The van der Waals surface area contributed by atoms with Crippen LogP contribution in [0.1, 0.15) is 0 Å². The van der Waals surface area contributed by atoms with Gasteiger partial charge in [0, 0.05) is 76.7 Å². The van der Waals surface area contributed by atoms with E-state index in [1.165, 1.54) is 20.7 Å². The molecule has 0 aliphatic heterocycles. The van der Waals surface area contributed by atoms with Gasteiger partial charge in [0.1, 0.15) is 0 Å². The first-order chi connectivity index (χ1) is 28.3. The Hall–Kier alpha value is -7.69. The Morgan fingerprint density at radius 2 is 0.719 bits per heavy atom. The van der Waals surface area contributed by atoms with Gasteiger partial charge in [-0.3, -0.25) is 29.1 Å². The minimum atomic E-state index is -2.85.